The van der Waals surface area contributed by atoms with Crippen molar-refractivity contribution >= 4 is 11.9 Å². The first-order valence-corrected chi connectivity index (χ1v) is 26.1. The monoisotopic (exact) mass is 863 g/mol. The molecule has 1 unspecified atom stereocenters. The second kappa shape index (κ2) is 52.4. The maximum Gasteiger partial charge on any atom is 0.306 e. The maximum atomic E-state index is 12.7. The van der Waals surface area contributed by atoms with E-state index in [-0.39, 0.29) is 25.2 Å². The number of unbranched alkanes of at least 4 members (excludes halogenated alkanes) is 22. The number of rotatable bonds is 47. The molecule has 5 nitrogen and oxygen atoms in total. The predicted octanol–water partition coefficient (Wildman–Crippen LogP) is 17.7. The van der Waals surface area contributed by atoms with E-state index >= 15 is 0 Å². The third kappa shape index (κ3) is 49.7. The smallest absolute Gasteiger partial charge is 0.306 e. The standard InChI is InChI=1S/C57H98O5/c1-4-7-10-13-16-19-21-23-25-27-29-30-32-34-36-39-41-44-47-50-56(58)61-54-55(62-57(59)51-48-45-42-38-18-15-12-9-6-3)53-60-52-49-46-43-40-37-35-33-31-28-26-24-22-20-17-14-11-8-5-2/h7,10,16,19,23-26,29-30,34,36,41,44,55H,4-6,8-9,11-15,17-18,20-22,27-28,31-33,35,37-40,42-43,45-54H2,1-3H3/b10-7-,19-16-,25-23-,26-24-,30-29-,36-34-,44-41-. The van der Waals surface area contributed by atoms with Crippen molar-refractivity contribution in [1.29, 1.82) is 0 Å². The summed E-state index contributed by atoms with van der Waals surface area (Å²) >= 11 is 0. The van der Waals surface area contributed by atoms with Gasteiger partial charge in [-0.15, -0.1) is 0 Å². The van der Waals surface area contributed by atoms with Crippen LogP contribution in [0.5, 0.6) is 0 Å². The molecule has 0 N–H and O–H groups in total. The summed E-state index contributed by atoms with van der Waals surface area (Å²) in [6.45, 7) is 7.62. The van der Waals surface area contributed by atoms with Crippen molar-refractivity contribution in [3.8, 4) is 0 Å². The number of allylic oxidation sites excluding steroid dienone is 14. The van der Waals surface area contributed by atoms with Gasteiger partial charge >= 0.3 is 11.9 Å². The van der Waals surface area contributed by atoms with Crippen molar-refractivity contribution in [2.75, 3.05) is 19.8 Å². The van der Waals surface area contributed by atoms with E-state index in [0.717, 1.165) is 70.6 Å². The van der Waals surface area contributed by atoms with Crippen molar-refractivity contribution in [2.24, 2.45) is 0 Å². The Hall–Kier alpha value is -2.92. The summed E-state index contributed by atoms with van der Waals surface area (Å²) < 4.78 is 17.3. The average molecular weight is 863 g/mol. The Morgan fingerprint density at radius 3 is 1.23 bits per heavy atom. The van der Waals surface area contributed by atoms with Crippen LogP contribution in [0.25, 0.3) is 0 Å². The third-order valence-electron chi connectivity index (χ3n) is 10.9. The Kier molecular flexibility index (Phi) is 50.0. The molecule has 62 heavy (non-hydrogen) atoms. The topological polar surface area (TPSA) is 61.8 Å². The van der Waals surface area contributed by atoms with Crippen LogP contribution in [0, 0.1) is 0 Å². The SMILES string of the molecule is CC/C=C\C/C=C\C/C=C\C/C=C\C/C=C\C/C=C\CCC(=O)OCC(COCCCCCCCCCC/C=C\CCCCCCCC)OC(=O)CCCCCCCCCCC. The van der Waals surface area contributed by atoms with Gasteiger partial charge in [0.2, 0.25) is 0 Å². The summed E-state index contributed by atoms with van der Waals surface area (Å²) in [5.41, 5.74) is 0. The van der Waals surface area contributed by atoms with Crippen LogP contribution < -0.4 is 0 Å². The number of hydrogen-bond donors (Lipinski definition) is 0. The largest absolute Gasteiger partial charge is 0.462 e. The number of carbonyl (C=O) groups is 2. The van der Waals surface area contributed by atoms with Crippen LogP contribution in [0.3, 0.4) is 0 Å². The minimum absolute atomic E-state index is 0.0427. The van der Waals surface area contributed by atoms with Crippen LogP contribution in [-0.4, -0.2) is 37.9 Å². The van der Waals surface area contributed by atoms with Gasteiger partial charge in [0.25, 0.3) is 0 Å². The molecule has 0 fully saturated rings. The van der Waals surface area contributed by atoms with E-state index in [0.29, 0.717) is 25.9 Å². The number of esters is 2. The molecule has 0 aromatic carbocycles. The molecule has 0 aromatic rings. The zero-order valence-electron chi connectivity index (χ0n) is 40.9. The van der Waals surface area contributed by atoms with E-state index in [1.807, 2.05) is 6.08 Å². The summed E-state index contributed by atoms with van der Waals surface area (Å²) in [4.78, 5) is 25.3. The van der Waals surface area contributed by atoms with Crippen LogP contribution >= 0.6 is 0 Å². The van der Waals surface area contributed by atoms with Gasteiger partial charge in [-0.25, -0.2) is 0 Å². The lowest BCUT2D eigenvalue weighted by Gasteiger charge is -2.18. The first-order chi connectivity index (χ1) is 30.6. The summed E-state index contributed by atoms with van der Waals surface area (Å²) in [5.74, 6) is -0.496. The van der Waals surface area contributed by atoms with E-state index < -0.39 is 6.10 Å². The first-order valence-electron chi connectivity index (χ1n) is 26.1. The van der Waals surface area contributed by atoms with Gasteiger partial charge in [0.1, 0.15) is 6.61 Å². The molecule has 356 valence electrons. The highest BCUT2D eigenvalue weighted by Gasteiger charge is 2.17. The normalized spacial score (nSPS) is 12.9. The Morgan fingerprint density at radius 2 is 0.758 bits per heavy atom. The highest BCUT2D eigenvalue weighted by Crippen LogP contribution is 2.14. The summed E-state index contributed by atoms with van der Waals surface area (Å²) in [7, 11) is 0. The second-order valence-corrected chi connectivity index (χ2v) is 17.0. The van der Waals surface area contributed by atoms with Crippen molar-refractivity contribution in [3.63, 3.8) is 0 Å². The lowest BCUT2D eigenvalue weighted by Crippen LogP contribution is -2.30. The second-order valence-electron chi connectivity index (χ2n) is 17.0. The maximum absolute atomic E-state index is 12.7. The Labute approximate surface area is 384 Å². The Balaban J connectivity index is 4.30. The van der Waals surface area contributed by atoms with Crippen molar-refractivity contribution in [2.45, 2.75) is 245 Å². The molecule has 0 aliphatic carbocycles. The van der Waals surface area contributed by atoms with Gasteiger partial charge in [0, 0.05) is 19.4 Å². The molecule has 0 radical (unpaired) electrons. The number of carbonyl (C=O) groups excluding carboxylic acids is 2. The zero-order chi connectivity index (χ0) is 44.9. The van der Waals surface area contributed by atoms with Crippen molar-refractivity contribution in [1.82, 2.24) is 0 Å². The zero-order valence-corrected chi connectivity index (χ0v) is 40.9. The molecule has 0 saturated carbocycles. The quantitative estimate of drug-likeness (QED) is 0.0346. The van der Waals surface area contributed by atoms with Crippen LogP contribution in [-0.2, 0) is 23.8 Å². The summed E-state index contributed by atoms with van der Waals surface area (Å²) in [6.07, 6.45) is 69.0. The molecule has 0 aliphatic heterocycles. The molecule has 0 spiro atoms. The number of hydrogen-bond acceptors (Lipinski definition) is 5. The highest BCUT2D eigenvalue weighted by molar-refractivity contribution is 5.70. The van der Waals surface area contributed by atoms with E-state index in [9.17, 15) is 9.59 Å². The molecule has 0 amide bonds. The van der Waals surface area contributed by atoms with Gasteiger partial charge in [-0.3, -0.25) is 9.59 Å². The summed E-state index contributed by atoms with van der Waals surface area (Å²) in [6, 6.07) is 0. The summed E-state index contributed by atoms with van der Waals surface area (Å²) in [5, 5.41) is 0. The fraction of sp³-hybridized carbons (Fsp3) is 0.719. The van der Waals surface area contributed by atoms with Crippen molar-refractivity contribution in [3.05, 3.63) is 85.1 Å². The molecule has 0 aliphatic rings. The van der Waals surface area contributed by atoms with Gasteiger partial charge in [0.15, 0.2) is 6.10 Å². The van der Waals surface area contributed by atoms with Gasteiger partial charge in [-0.05, 0) is 83.5 Å². The molecule has 5 heteroatoms. The lowest BCUT2D eigenvalue weighted by atomic mass is 10.1. The average Bonchev–Trinajstić information content (AvgIpc) is 3.27. The minimum atomic E-state index is -0.568. The first kappa shape index (κ1) is 59.1. The van der Waals surface area contributed by atoms with Gasteiger partial charge in [-0.1, -0.05) is 228 Å². The highest BCUT2D eigenvalue weighted by atomic mass is 16.6. The van der Waals surface area contributed by atoms with E-state index in [2.05, 4.69) is 99.8 Å². The predicted molar refractivity (Wildman–Crippen MR) is 270 cm³/mol. The molecule has 0 aromatic heterocycles. The molecular weight excluding hydrogens is 765 g/mol. The Bertz CT molecular complexity index is 1160. The van der Waals surface area contributed by atoms with Crippen LogP contribution in [0.4, 0.5) is 0 Å². The van der Waals surface area contributed by atoms with Crippen molar-refractivity contribution < 1.29 is 23.8 Å². The fourth-order valence-electron chi connectivity index (χ4n) is 7.06. The van der Waals surface area contributed by atoms with Crippen LogP contribution in [0.2, 0.25) is 0 Å². The molecule has 1 atom stereocenters. The molecular formula is C57H98O5. The van der Waals surface area contributed by atoms with Crippen LogP contribution in [0.15, 0.2) is 85.1 Å². The van der Waals surface area contributed by atoms with Gasteiger partial charge in [-0.2, -0.15) is 0 Å². The van der Waals surface area contributed by atoms with Crippen LogP contribution in [0.1, 0.15) is 239 Å². The van der Waals surface area contributed by atoms with E-state index in [4.69, 9.17) is 14.2 Å². The van der Waals surface area contributed by atoms with Gasteiger partial charge in [0.05, 0.1) is 6.61 Å². The fourth-order valence-corrected chi connectivity index (χ4v) is 7.06. The van der Waals surface area contributed by atoms with E-state index in [1.165, 1.54) is 128 Å². The Morgan fingerprint density at radius 1 is 0.371 bits per heavy atom. The third-order valence-corrected chi connectivity index (χ3v) is 10.9. The van der Waals surface area contributed by atoms with E-state index in [1.54, 1.807) is 0 Å². The minimum Gasteiger partial charge on any atom is -0.462 e. The molecule has 0 saturated heterocycles. The molecule has 0 rings (SSSR count). The van der Waals surface area contributed by atoms with Gasteiger partial charge < -0.3 is 14.2 Å². The number of ether oxygens (including phenoxy) is 3. The molecule has 0 heterocycles. The lowest BCUT2D eigenvalue weighted by molar-refractivity contribution is -0.162. The molecule has 0 bridgehead atoms.